The van der Waals surface area contributed by atoms with Crippen LogP contribution in [0.5, 0.6) is 0 Å². The Hall–Kier alpha value is -3.46. The van der Waals surface area contributed by atoms with Crippen molar-refractivity contribution in [1.82, 2.24) is 24.5 Å². The van der Waals surface area contributed by atoms with Gasteiger partial charge < -0.3 is 20.9 Å². The molecular weight excluding hydrogens is 428 g/mol. The topological polar surface area (TPSA) is 99.5 Å². The number of rotatable bonds is 8. The number of nitrogens with zero attached hydrogens (tertiary/aromatic N) is 5. The number of amides is 1. The Bertz CT molecular complexity index is 1160. The summed E-state index contributed by atoms with van der Waals surface area (Å²) in [6.07, 6.45) is 7.58. The first-order valence-electron chi connectivity index (χ1n) is 11.8. The normalized spacial score (nSPS) is 18.3. The van der Waals surface area contributed by atoms with Crippen LogP contribution in [0.3, 0.4) is 0 Å². The molecule has 1 saturated carbocycles. The predicted octanol–water partition coefficient (Wildman–Crippen LogP) is 4.40. The summed E-state index contributed by atoms with van der Waals surface area (Å²) in [4.78, 5) is 23.6. The number of hydrogen-bond donors (Lipinski definition) is 3. The molecule has 180 valence electrons. The molecule has 0 bridgehead atoms. The first-order chi connectivity index (χ1) is 16.3. The van der Waals surface area contributed by atoms with Crippen molar-refractivity contribution in [3.63, 3.8) is 0 Å². The molecule has 3 aromatic rings. The van der Waals surface area contributed by atoms with Gasteiger partial charge in [0.15, 0.2) is 5.65 Å². The van der Waals surface area contributed by atoms with E-state index in [1.54, 1.807) is 4.52 Å². The van der Waals surface area contributed by atoms with Crippen molar-refractivity contribution in [2.45, 2.75) is 57.5 Å². The quantitative estimate of drug-likeness (QED) is 0.427. The van der Waals surface area contributed by atoms with Crippen molar-refractivity contribution in [3.05, 3.63) is 48.7 Å². The van der Waals surface area contributed by atoms with Gasteiger partial charge in [0.1, 0.15) is 0 Å². The van der Waals surface area contributed by atoms with Crippen LogP contribution in [0.4, 0.5) is 23.3 Å². The highest BCUT2D eigenvalue weighted by Crippen LogP contribution is 2.27. The third-order valence-corrected chi connectivity index (χ3v) is 6.35. The van der Waals surface area contributed by atoms with Gasteiger partial charge in [-0.2, -0.15) is 19.6 Å². The summed E-state index contributed by atoms with van der Waals surface area (Å²) in [7, 11) is 4.30. The van der Waals surface area contributed by atoms with Crippen LogP contribution in [0.15, 0.2) is 43.1 Å². The minimum absolute atomic E-state index is 0.259. The Morgan fingerprint density at radius 2 is 1.91 bits per heavy atom. The molecular formula is C25H34N8O. The fourth-order valence-corrected chi connectivity index (χ4v) is 4.36. The van der Waals surface area contributed by atoms with E-state index >= 15 is 0 Å². The molecule has 2 aromatic heterocycles. The first-order valence-corrected chi connectivity index (χ1v) is 11.8. The summed E-state index contributed by atoms with van der Waals surface area (Å²) in [6.45, 7) is 7.77. The van der Waals surface area contributed by atoms with Crippen LogP contribution in [-0.2, 0) is 4.79 Å². The van der Waals surface area contributed by atoms with Gasteiger partial charge in [-0.1, -0.05) is 26.5 Å². The second kappa shape index (κ2) is 10.2. The highest BCUT2D eigenvalue weighted by molar-refractivity contribution is 5.99. The third-order valence-electron chi connectivity index (χ3n) is 6.35. The smallest absolute Gasteiger partial charge is 0.247 e. The Morgan fingerprint density at radius 1 is 1.18 bits per heavy atom. The zero-order valence-electron chi connectivity index (χ0n) is 20.4. The molecule has 1 amide bonds. The molecule has 0 unspecified atom stereocenters. The maximum Gasteiger partial charge on any atom is 0.247 e. The van der Waals surface area contributed by atoms with E-state index in [1.165, 1.54) is 6.08 Å². The van der Waals surface area contributed by atoms with Crippen LogP contribution in [0.2, 0.25) is 0 Å². The van der Waals surface area contributed by atoms with Crippen molar-refractivity contribution in [1.29, 1.82) is 0 Å². The van der Waals surface area contributed by atoms with Gasteiger partial charge in [-0.05, 0) is 70.0 Å². The van der Waals surface area contributed by atoms with Crippen molar-refractivity contribution in [2.24, 2.45) is 0 Å². The number of anilines is 4. The number of carbonyl (C=O) groups is 1. The Balaban J connectivity index is 1.62. The third kappa shape index (κ3) is 5.36. The van der Waals surface area contributed by atoms with Crippen LogP contribution in [0.25, 0.3) is 5.65 Å². The van der Waals surface area contributed by atoms with Crippen LogP contribution < -0.4 is 16.0 Å². The van der Waals surface area contributed by atoms with E-state index < -0.39 is 0 Å². The van der Waals surface area contributed by atoms with Gasteiger partial charge in [0.2, 0.25) is 17.8 Å². The number of benzene rings is 1. The van der Waals surface area contributed by atoms with Gasteiger partial charge >= 0.3 is 0 Å². The SMILES string of the molecule is C=CC(=O)Nc1cccc(Nc2nc(NC3CCC(N(C)C)CC3)nc3c(C(C)C)cnn23)c1. The van der Waals surface area contributed by atoms with Gasteiger partial charge in [0, 0.05) is 29.0 Å². The fourth-order valence-electron chi connectivity index (χ4n) is 4.36. The molecule has 0 spiro atoms. The molecule has 9 heteroatoms. The van der Waals surface area contributed by atoms with Crippen molar-refractivity contribution in [2.75, 3.05) is 30.0 Å². The Morgan fingerprint density at radius 3 is 2.59 bits per heavy atom. The predicted molar refractivity (Wildman–Crippen MR) is 137 cm³/mol. The lowest BCUT2D eigenvalue weighted by Gasteiger charge is -2.33. The largest absolute Gasteiger partial charge is 0.351 e. The van der Waals surface area contributed by atoms with E-state index in [4.69, 9.17) is 9.97 Å². The second-order valence-corrected chi connectivity index (χ2v) is 9.37. The van der Waals surface area contributed by atoms with Crippen molar-refractivity contribution in [3.8, 4) is 0 Å². The Kier molecular flexibility index (Phi) is 7.12. The van der Waals surface area contributed by atoms with Gasteiger partial charge in [-0.25, -0.2) is 0 Å². The van der Waals surface area contributed by atoms with E-state index in [0.29, 0.717) is 29.7 Å². The summed E-state index contributed by atoms with van der Waals surface area (Å²) < 4.78 is 1.73. The van der Waals surface area contributed by atoms with Gasteiger partial charge in [-0.15, -0.1) is 0 Å². The number of nitrogens with one attached hydrogen (secondary N) is 3. The van der Waals surface area contributed by atoms with Gasteiger partial charge in [0.05, 0.1) is 6.20 Å². The summed E-state index contributed by atoms with van der Waals surface area (Å²) in [5.74, 6) is 1.18. The monoisotopic (exact) mass is 462 g/mol. The van der Waals surface area contributed by atoms with Crippen molar-refractivity contribution < 1.29 is 4.79 Å². The summed E-state index contributed by atoms with van der Waals surface area (Å²) in [6, 6.07) is 8.43. The highest BCUT2D eigenvalue weighted by Gasteiger charge is 2.24. The molecule has 0 aliphatic heterocycles. The zero-order valence-corrected chi connectivity index (χ0v) is 20.4. The molecule has 2 heterocycles. The van der Waals surface area contributed by atoms with Gasteiger partial charge in [0.25, 0.3) is 0 Å². The molecule has 1 fully saturated rings. The van der Waals surface area contributed by atoms with Crippen LogP contribution in [-0.4, -0.2) is 56.6 Å². The number of aromatic nitrogens is 4. The maximum atomic E-state index is 11.7. The molecule has 0 saturated heterocycles. The molecule has 4 rings (SSSR count). The first kappa shape index (κ1) is 23.7. The lowest BCUT2D eigenvalue weighted by molar-refractivity contribution is -0.111. The lowest BCUT2D eigenvalue weighted by atomic mass is 9.91. The molecule has 3 N–H and O–H groups in total. The fraction of sp³-hybridized carbons (Fsp3) is 0.440. The van der Waals surface area contributed by atoms with E-state index in [9.17, 15) is 4.79 Å². The summed E-state index contributed by atoms with van der Waals surface area (Å²) in [5.41, 5.74) is 3.30. The highest BCUT2D eigenvalue weighted by atomic mass is 16.1. The van der Waals surface area contributed by atoms with Crippen LogP contribution in [0.1, 0.15) is 51.0 Å². The standard InChI is InChI=1S/C25H34N8O/c1-6-22(34)27-18-8-7-9-19(14-18)29-25-31-24(28-17-10-12-20(13-11-17)32(4)5)30-23-21(16(2)3)15-26-33(23)25/h6-9,14-17,20H,1,10-13H2,2-5H3,(H,27,34)(H2,28,29,30,31). The van der Waals surface area contributed by atoms with Crippen LogP contribution >= 0.6 is 0 Å². The molecule has 34 heavy (non-hydrogen) atoms. The average Bonchev–Trinajstić information content (AvgIpc) is 3.24. The van der Waals surface area contributed by atoms with E-state index in [-0.39, 0.29) is 11.8 Å². The maximum absolute atomic E-state index is 11.7. The number of carbonyl (C=O) groups excluding carboxylic acids is 1. The van der Waals surface area contributed by atoms with E-state index in [0.717, 1.165) is 42.6 Å². The van der Waals surface area contributed by atoms with E-state index in [1.807, 2.05) is 30.5 Å². The molecule has 1 aliphatic carbocycles. The average molecular weight is 463 g/mol. The second-order valence-electron chi connectivity index (χ2n) is 9.37. The molecule has 1 aromatic carbocycles. The Labute approximate surface area is 200 Å². The molecule has 1 aliphatic rings. The summed E-state index contributed by atoms with van der Waals surface area (Å²) >= 11 is 0. The van der Waals surface area contributed by atoms with Gasteiger partial charge in [-0.3, -0.25) is 4.79 Å². The molecule has 9 nitrogen and oxygen atoms in total. The van der Waals surface area contributed by atoms with E-state index in [2.05, 4.69) is 60.5 Å². The van der Waals surface area contributed by atoms with Crippen LogP contribution in [0, 0.1) is 0 Å². The lowest BCUT2D eigenvalue weighted by Crippen LogP contribution is -2.36. The zero-order chi connectivity index (χ0) is 24.2. The molecule has 0 atom stereocenters. The summed E-state index contributed by atoms with van der Waals surface area (Å²) in [5, 5.41) is 14.3. The minimum atomic E-state index is -0.259. The molecule has 0 radical (unpaired) electrons. The minimum Gasteiger partial charge on any atom is -0.351 e. The number of hydrogen-bond acceptors (Lipinski definition) is 7. The van der Waals surface area contributed by atoms with Crippen molar-refractivity contribution >= 4 is 34.8 Å². The number of fused-ring (bicyclic) bond motifs is 1.